The van der Waals surface area contributed by atoms with Crippen LogP contribution >= 0.6 is 0 Å². The maximum absolute atomic E-state index is 12.6. The van der Waals surface area contributed by atoms with Crippen molar-refractivity contribution in [2.45, 2.75) is 12.7 Å². The van der Waals surface area contributed by atoms with E-state index in [2.05, 4.69) is 20.6 Å². The highest BCUT2D eigenvalue weighted by Gasteiger charge is 2.30. The molecule has 0 saturated heterocycles. The van der Waals surface area contributed by atoms with Crippen LogP contribution in [0.15, 0.2) is 36.7 Å². The van der Waals surface area contributed by atoms with Gasteiger partial charge in [0.2, 0.25) is 5.91 Å². The Balaban J connectivity index is 1.94. The Bertz CT molecular complexity index is 721. The Labute approximate surface area is 148 Å². The zero-order chi connectivity index (χ0) is 19.0. The third-order valence-corrected chi connectivity index (χ3v) is 3.47. The van der Waals surface area contributed by atoms with Gasteiger partial charge in [0.15, 0.2) is 0 Å². The van der Waals surface area contributed by atoms with Gasteiger partial charge in [0.25, 0.3) is 0 Å². The van der Waals surface area contributed by atoms with E-state index in [0.717, 1.165) is 12.1 Å². The number of ether oxygens (including phenoxy) is 1. The molecule has 0 radical (unpaired) electrons. The van der Waals surface area contributed by atoms with E-state index in [1.807, 2.05) is 0 Å². The third kappa shape index (κ3) is 6.08. The van der Waals surface area contributed by atoms with Crippen LogP contribution < -0.4 is 10.6 Å². The van der Waals surface area contributed by atoms with Crippen molar-refractivity contribution < 1.29 is 22.7 Å². The van der Waals surface area contributed by atoms with Crippen LogP contribution in [0.2, 0.25) is 0 Å². The number of aromatic nitrogens is 2. The summed E-state index contributed by atoms with van der Waals surface area (Å²) in [7, 11) is 1.57. The van der Waals surface area contributed by atoms with Gasteiger partial charge in [0.05, 0.1) is 36.6 Å². The van der Waals surface area contributed by atoms with E-state index >= 15 is 0 Å². The molecule has 26 heavy (non-hydrogen) atoms. The second-order valence-corrected chi connectivity index (χ2v) is 5.42. The van der Waals surface area contributed by atoms with Crippen molar-refractivity contribution in [3.05, 3.63) is 47.9 Å². The highest BCUT2D eigenvalue weighted by atomic mass is 19.4. The first-order valence-electron chi connectivity index (χ1n) is 7.85. The number of benzene rings is 1. The Kier molecular flexibility index (Phi) is 7.05. The Hall–Kier alpha value is -2.52. The number of amides is 1. The van der Waals surface area contributed by atoms with Crippen molar-refractivity contribution in [3.63, 3.8) is 0 Å². The monoisotopic (exact) mass is 368 g/mol. The van der Waals surface area contributed by atoms with E-state index in [4.69, 9.17) is 4.74 Å². The van der Waals surface area contributed by atoms with Crippen LogP contribution in [0.25, 0.3) is 11.3 Å². The molecule has 1 aromatic heterocycles. The number of carbonyl (C=O) groups excluding carboxylic acids is 1. The average Bonchev–Trinajstić information content (AvgIpc) is 2.63. The van der Waals surface area contributed by atoms with E-state index < -0.39 is 11.7 Å². The molecule has 0 saturated carbocycles. The molecule has 0 aliphatic rings. The molecule has 0 spiro atoms. The number of nitrogens with zero attached hydrogens (tertiary/aromatic N) is 2. The predicted molar refractivity (Wildman–Crippen MR) is 89.1 cm³/mol. The lowest BCUT2D eigenvalue weighted by Gasteiger charge is -2.09. The maximum Gasteiger partial charge on any atom is 0.416 e. The number of nitrogens with one attached hydrogen (secondary N) is 2. The van der Waals surface area contributed by atoms with Crippen LogP contribution in [0, 0.1) is 0 Å². The van der Waals surface area contributed by atoms with Crippen molar-refractivity contribution in [2.75, 3.05) is 26.8 Å². The number of carbonyl (C=O) groups is 1. The zero-order valence-corrected chi connectivity index (χ0v) is 14.1. The van der Waals surface area contributed by atoms with Crippen LogP contribution in [-0.4, -0.2) is 42.7 Å². The molecule has 2 aromatic rings. The van der Waals surface area contributed by atoms with Gasteiger partial charge in [0.1, 0.15) is 6.33 Å². The summed E-state index contributed by atoms with van der Waals surface area (Å²) in [6.45, 7) is 1.42. The van der Waals surface area contributed by atoms with Gasteiger partial charge >= 0.3 is 6.18 Å². The van der Waals surface area contributed by atoms with Gasteiger partial charge in [-0.25, -0.2) is 9.97 Å². The molecule has 1 amide bonds. The molecule has 1 heterocycles. The van der Waals surface area contributed by atoms with Crippen LogP contribution in [0.3, 0.4) is 0 Å². The summed E-state index contributed by atoms with van der Waals surface area (Å²) in [4.78, 5) is 19.8. The van der Waals surface area contributed by atoms with E-state index in [1.54, 1.807) is 13.2 Å². The third-order valence-electron chi connectivity index (χ3n) is 3.47. The fraction of sp³-hybridized carbons (Fsp3) is 0.353. The molecular weight excluding hydrogens is 349 g/mol. The van der Waals surface area contributed by atoms with Crippen molar-refractivity contribution in [2.24, 2.45) is 0 Å². The average molecular weight is 368 g/mol. The summed E-state index contributed by atoms with van der Waals surface area (Å²) in [6, 6.07) is 6.34. The fourth-order valence-corrected chi connectivity index (χ4v) is 2.11. The molecule has 140 valence electrons. The Morgan fingerprint density at radius 2 is 1.92 bits per heavy atom. The van der Waals surface area contributed by atoms with Crippen molar-refractivity contribution in [1.29, 1.82) is 0 Å². The fourth-order valence-electron chi connectivity index (χ4n) is 2.11. The number of hydrogen-bond acceptors (Lipinski definition) is 5. The summed E-state index contributed by atoms with van der Waals surface area (Å²) in [5.41, 5.74) is 0.856. The molecule has 6 nitrogen and oxygen atoms in total. The molecule has 9 heteroatoms. The SMILES string of the molecule is COCCNCC(=O)NCc1cc(-c2ccc(C(F)(F)F)cc2)ncn1. The molecular formula is C17H19F3N4O2. The predicted octanol–water partition coefficient (Wildman–Crippen LogP) is 2.01. The smallest absolute Gasteiger partial charge is 0.383 e. The summed E-state index contributed by atoms with van der Waals surface area (Å²) in [5.74, 6) is -0.198. The van der Waals surface area contributed by atoms with Gasteiger partial charge in [0, 0.05) is 19.2 Å². The number of halogens is 3. The lowest BCUT2D eigenvalue weighted by molar-refractivity contribution is -0.137. The summed E-state index contributed by atoms with van der Waals surface area (Å²) < 4.78 is 42.7. The van der Waals surface area contributed by atoms with Crippen LogP contribution in [0.1, 0.15) is 11.3 Å². The van der Waals surface area contributed by atoms with E-state index in [9.17, 15) is 18.0 Å². The number of alkyl halides is 3. The van der Waals surface area contributed by atoms with Gasteiger partial charge in [-0.15, -0.1) is 0 Å². The zero-order valence-electron chi connectivity index (χ0n) is 14.1. The first-order valence-corrected chi connectivity index (χ1v) is 7.85. The van der Waals surface area contributed by atoms with Gasteiger partial charge < -0.3 is 15.4 Å². The first-order chi connectivity index (χ1) is 12.4. The van der Waals surface area contributed by atoms with Crippen molar-refractivity contribution in [1.82, 2.24) is 20.6 Å². The number of methoxy groups -OCH3 is 1. The Morgan fingerprint density at radius 3 is 2.58 bits per heavy atom. The van der Waals surface area contributed by atoms with Crippen LogP contribution in [0.4, 0.5) is 13.2 Å². The summed E-state index contributed by atoms with van der Waals surface area (Å²) in [5, 5.41) is 5.62. The van der Waals surface area contributed by atoms with E-state index in [0.29, 0.717) is 30.1 Å². The summed E-state index contributed by atoms with van der Waals surface area (Å²) >= 11 is 0. The van der Waals surface area contributed by atoms with E-state index in [-0.39, 0.29) is 19.0 Å². The molecule has 0 aliphatic heterocycles. The normalized spacial score (nSPS) is 11.4. The lowest BCUT2D eigenvalue weighted by atomic mass is 10.1. The second kappa shape index (κ2) is 9.25. The highest BCUT2D eigenvalue weighted by Crippen LogP contribution is 2.30. The van der Waals surface area contributed by atoms with Crippen molar-refractivity contribution in [3.8, 4) is 11.3 Å². The standard InChI is InChI=1S/C17H19F3N4O2/c1-26-7-6-21-10-16(25)22-9-14-8-15(24-11-23-14)12-2-4-13(5-3-12)17(18,19)20/h2-5,8,11,21H,6-7,9-10H2,1H3,(H,22,25). The minimum absolute atomic E-state index is 0.153. The highest BCUT2D eigenvalue weighted by molar-refractivity contribution is 5.77. The minimum atomic E-state index is -4.38. The molecule has 1 aromatic carbocycles. The van der Waals surface area contributed by atoms with Crippen molar-refractivity contribution >= 4 is 5.91 Å². The number of rotatable bonds is 8. The van der Waals surface area contributed by atoms with E-state index in [1.165, 1.54) is 18.5 Å². The quantitative estimate of drug-likeness (QED) is 0.697. The van der Waals surface area contributed by atoms with Gasteiger partial charge in [-0.3, -0.25) is 4.79 Å². The van der Waals surface area contributed by atoms with Gasteiger partial charge in [-0.2, -0.15) is 13.2 Å². The molecule has 0 unspecified atom stereocenters. The summed E-state index contributed by atoms with van der Waals surface area (Å²) in [6.07, 6.45) is -3.07. The van der Waals surface area contributed by atoms with Gasteiger partial charge in [-0.1, -0.05) is 12.1 Å². The van der Waals surface area contributed by atoms with Crippen LogP contribution in [0.5, 0.6) is 0 Å². The number of hydrogen-bond donors (Lipinski definition) is 2. The minimum Gasteiger partial charge on any atom is -0.383 e. The second-order valence-electron chi connectivity index (χ2n) is 5.42. The largest absolute Gasteiger partial charge is 0.416 e. The lowest BCUT2D eigenvalue weighted by Crippen LogP contribution is -2.35. The maximum atomic E-state index is 12.6. The molecule has 2 N–H and O–H groups in total. The molecule has 0 aliphatic carbocycles. The first kappa shape index (κ1) is 19.8. The molecule has 0 bridgehead atoms. The van der Waals surface area contributed by atoms with Gasteiger partial charge in [-0.05, 0) is 18.2 Å². The van der Waals surface area contributed by atoms with Crippen LogP contribution in [-0.2, 0) is 22.3 Å². The topological polar surface area (TPSA) is 76.1 Å². The Morgan fingerprint density at radius 1 is 1.19 bits per heavy atom. The molecule has 0 fully saturated rings. The molecule has 2 rings (SSSR count). The molecule has 0 atom stereocenters.